The van der Waals surface area contributed by atoms with Gasteiger partial charge in [0.2, 0.25) is 0 Å². The third-order valence-corrected chi connectivity index (χ3v) is 2.74. The molecule has 2 nitrogen and oxygen atoms in total. The molecule has 0 unspecified atom stereocenters. The Labute approximate surface area is 98.1 Å². The predicted molar refractivity (Wildman–Crippen MR) is 66.5 cm³/mol. The fraction of sp³-hybridized carbons (Fsp3) is 0.571. The number of ketones is 1. The first-order chi connectivity index (χ1) is 7.72. The Bertz CT molecular complexity index is 316. The molecular weight excluding hydrogens is 198 g/mol. The Balaban J connectivity index is 2.19. The molecule has 0 spiro atoms. The minimum absolute atomic E-state index is 0.300. The van der Waals surface area contributed by atoms with E-state index in [-0.39, 0.29) is 0 Å². The molecule has 0 N–H and O–H groups in total. The van der Waals surface area contributed by atoms with Gasteiger partial charge in [-0.1, -0.05) is 19.4 Å². The van der Waals surface area contributed by atoms with Crippen molar-refractivity contribution in [2.24, 2.45) is 0 Å². The number of aryl methyl sites for hydroxylation is 2. The highest BCUT2D eigenvalue weighted by atomic mass is 16.1. The van der Waals surface area contributed by atoms with Crippen LogP contribution in [0.1, 0.15) is 50.8 Å². The van der Waals surface area contributed by atoms with Gasteiger partial charge in [-0.15, -0.1) is 0 Å². The fourth-order valence-corrected chi connectivity index (χ4v) is 1.69. The summed E-state index contributed by atoms with van der Waals surface area (Å²) in [6.45, 7) is 3.77. The van der Waals surface area contributed by atoms with Crippen molar-refractivity contribution >= 4 is 5.78 Å². The van der Waals surface area contributed by atoms with Crippen molar-refractivity contribution in [3.8, 4) is 0 Å². The van der Waals surface area contributed by atoms with Crippen LogP contribution in [0, 0.1) is 0 Å². The first kappa shape index (κ1) is 12.9. The van der Waals surface area contributed by atoms with Crippen molar-refractivity contribution in [1.29, 1.82) is 0 Å². The van der Waals surface area contributed by atoms with Gasteiger partial charge in [-0.25, -0.2) is 0 Å². The van der Waals surface area contributed by atoms with Crippen molar-refractivity contribution < 1.29 is 4.79 Å². The normalized spacial score (nSPS) is 10.4. The molecule has 0 amide bonds. The molecule has 1 rings (SSSR count). The quantitative estimate of drug-likeness (QED) is 0.658. The molecule has 0 fully saturated rings. The van der Waals surface area contributed by atoms with E-state index in [9.17, 15) is 4.79 Å². The van der Waals surface area contributed by atoms with Crippen LogP contribution < -0.4 is 0 Å². The van der Waals surface area contributed by atoms with Crippen LogP contribution in [0.25, 0.3) is 0 Å². The average molecular weight is 219 g/mol. The largest absolute Gasteiger partial charge is 0.300 e. The molecule has 0 aliphatic rings. The van der Waals surface area contributed by atoms with E-state index in [1.807, 2.05) is 6.20 Å². The number of carbonyl (C=O) groups is 1. The second-order valence-corrected chi connectivity index (χ2v) is 4.27. The third-order valence-electron chi connectivity index (χ3n) is 2.74. The summed E-state index contributed by atoms with van der Waals surface area (Å²) >= 11 is 0. The highest BCUT2D eigenvalue weighted by Crippen LogP contribution is 2.08. The summed E-state index contributed by atoms with van der Waals surface area (Å²) in [4.78, 5) is 15.1. The summed E-state index contributed by atoms with van der Waals surface area (Å²) in [5.74, 6) is 0.300. The molecule has 0 aromatic carbocycles. The second-order valence-electron chi connectivity index (χ2n) is 4.27. The summed E-state index contributed by atoms with van der Waals surface area (Å²) in [5.41, 5.74) is 2.46. The van der Waals surface area contributed by atoms with E-state index in [1.54, 1.807) is 6.92 Å². The first-order valence-corrected chi connectivity index (χ1v) is 6.15. The molecule has 0 bridgehead atoms. The minimum atomic E-state index is 0.300. The molecule has 1 aromatic rings. The lowest BCUT2D eigenvalue weighted by atomic mass is 10.1. The molecule has 0 radical (unpaired) electrons. The molecule has 0 atom stereocenters. The van der Waals surface area contributed by atoms with Gasteiger partial charge in [0.1, 0.15) is 5.78 Å². The van der Waals surface area contributed by atoms with Crippen LogP contribution in [0.4, 0.5) is 0 Å². The van der Waals surface area contributed by atoms with Gasteiger partial charge in [0.15, 0.2) is 0 Å². The van der Waals surface area contributed by atoms with E-state index in [0.717, 1.165) is 44.2 Å². The van der Waals surface area contributed by atoms with Crippen LogP contribution in [0.5, 0.6) is 0 Å². The van der Waals surface area contributed by atoms with Gasteiger partial charge < -0.3 is 4.79 Å². The van der Waals surface area contributed by atoms with Gasteiger partial charge in [-0.05, 0) is 44.2 Å². The predicted octanol–water partition coefficient (Wildman–Crippen LogP) is 3.34. The second kappa shape index (κ2) is 7.15. The Hall–Kier alpha value is -1.18. The molecule has 1 aromatic heterocycles. The lowest BCUT2D eigenvalue weighted by molar-refractivity contribution is -0.117. The SMILES string of the molecule is CCc1ccc(CCCCCC(C)=O)cn1. The maximum Gasteiger partial charge on any atom is 0.129 e. The number of pyridine rings is 1. The van der Waals surface area contributed by atoms with Crippen molar-refractivity contribution in [3.05, 3.63) is 29.6 Å². The summed E-state index contributed by atoms with van der Waals surface area (Å²) in [6.07, 6.45) is 8.09. The number of Topliss-reactive ketones (excluding diaryl/α,β-unsaturated/α-hetero) is 1. The molecule has 2 heteroatoms. The van der Waals surface area contributed by atoms with Gasteiger partial charge in [0.05, 0.1) is 0 Å². The molecule has 0 aliphatic carbocycles. The lowest BCUT2D eigenvalue weighted by Gasteiger charge is -2.02. The average Bonchev–Trinajstić information content (AvgIpc) is 2.29. The van der Waals surface area contributed by atoms with E-state index < -0.39 is 0 Å². The van der Waals surface area contributed by atoms with Gasteiger partial charge >= 0.3 is 0 Å². The molecule has 0 saturated carbocycles. The Kier molecular flexibility index (Phi) is 5.76. The van der Waals surface area contributed by atoms with Gasteiger partial charge in [-0.3, -0.25) is 4.98 Å². The van der Waals surface area contributed by atoms with Crippen LogP contribution >= 0.6 is 0 Å². The standard InChI is InChI=1S/C14H21NO/c1-3-14-10-9-13(11-15-14)8-6-4-5-7-12(2)16/h9-11H,3-8H2,1-2H3. The molecule has 16 heavy (non-hydrogen) atoms. The number of hydrogen-bond acceptors (Lipinski definition) is 2. The summed E-state index contributed by atoms with van der Waals surface area (Å²) in [7, 11) is 0. The number of unbranched alkanes of at least 4 members (excludes halogenated alkanes) is 2. The zero-order chi connectivity index (χ0) is 11.8. The zero-order valence-electron chi connectivity index (χ0n) is 10.3. The van der Waals surface area contributed by atoms with E-state index in [4.69, 9.17) is 0 Å². The maximum absolute atomic E-state index is 10.7. The minimum Gasteiger partial charge on any atom is -0.300 e. The summed E-state index contributed by atoms with van der Waals surface area (Å²) in [6, 6.07) is 4.27. The lowest BCUT2D eigenvalue weighted by Crippen LogP contribution is -1.92. The molecule has 1 heterocycles. The fourth-order valence-electron chi connectivity index (χ4n) is 1.69. The Morgan fingerprint density at radius 2 is 2.06 bits per heavy atom. The number of rotatable bonds is 7. The van der Waals surface area contributed by atoms with Crippen LogP contribution in [0.3, 0.4) is 0 Å². The van der Waals surface area contributed by atoms with Crippen molar-refractivity contribution in [3.63, 3.8) is 0 Å². The van der Waals surface area contributed by atoms with E-state index in [1.165, 1.54) is 5.56 Å². The van der Waals surface area contributed by atoms with Crippen molar-refractivity contribution in [2.75, 3.05) is 0 Å². The summed E-state index contributed by atoms with van der Waals surface area (Å²) in [5, 5.41) is 0. The molecule has 88 valence electrons. The first-order valence-electron chi connectivity index (χ1n) is 6.15. The number of nitrogens with zero attached hydrogens (tertiary/aromatic N) is 1. The number of hydrogen-bond donors (Lipinski definition) is 0. The Morgan fingerprint density at radius 3 is 2.62 bits per heavy atom. The molecule has 0 aliphatic heterocycles. The molecular formula is C14H21NO. The van der Waals surface area contributed by atoms with Crippen LogP contribution in [-0.4, -0.2) is 10.8 Å². The number of carbonyl (C=O) groups excluding carboxylic acids is 1. The highest BCUT2D eigenvalue weighted by Gasteiger charge is 1.97. The zero-order valence-corrected chi connectivity index (χ0v) is 10.3. The maximum atomic E-state index is 10.7. The summed E-state index contributed by atoms with van der Waals surface area (Å²) < 4.78 is 0. The number of aromatic nitrogens is 1. The van der Waals surface area contributed by atoms with Crippen molar-refractivity contribution in [2.45, 2.75) is 52.4 Å². The smallest absolute Gasteiger partial charge is 0.129 e. The van der Waals surface area contributed by atoms with Gasteiger partial charge in [0.25, 0.3) is 0 Å². The van der Waals surface area contributed by atoms with E-state index >= 15 is 0 Å². The Morgan fingerprint density at radius 1 is 1.25 bits per heavy atom. The monoisotopic (exact) mass is 219 g/mol. The van der Waals surface area contributed by atoms with Crippen molar-refractivity contribution in [1.82, 2.24) is 4.98 Å². The highest BCUT2D eigenvalue weighted by molar-refractivity contribution is 5.75. The van der Waals surface area contributed by atoms with Crippen LogP contribution in [0.15, 0.2) is 18.3 Å². The molecule has 0 saturated heterocycles. The van der Waals surface area contributed by atoms with Crippen LogP contribution in [-0.2, 0) is 17.6 Å². The third kappa shape index (κ3) is 5.06. The van der Waals surface area contributed by atoms with E-state index in [2.05, 4.69) is 24.0 Å². The topological polar surface area (TPSA) is 30.0 Å². The van der Waals surface area contributed by atoms with Gasteiger partial charge in [-0.2, -0.15) is 0 Å². The van der Waals surface area contributed by atoms with Crippen LogP contribution in [0.2, 0.25) is 0 Å². The van der Waals surface area contributed by atoms with Gasteiger partial charge in [0, 0.05) is 18.3 Å². The van der Waals surface area contributed by atoms with E-state index in [0.29, 0.717) is 5.78 Å².